The number of carbonyl (C=O) groups is 1. The molecule has 0 saturated heterocycles. The van der Waals surface area contributed by atoms with Crippen LogP contribution in [0.5, 0.6) is 0 Å². The zero-order chi connectivity index (χ0) is 15.1. The molecule has 2 heterocycles. The third kappa shape index (κ3) is 4.91. The van der Waals surface area contributed by atoms with Crippen molar-refractivity contribution in [2.45, 2.75) is 32.9 Å². The molecule has 21 heavy (non-hydrogen) atoms. The Hall–Kier alpha value is -1.80. The molecule has 0 aliphatic carbocycles. The Kier molecular flexibility index (Phi) is 5.82. The highest BCUT2D eigenvalue weighted by molar-refractivity contribution is 7.07. The Bertz CT molecular complexity index is 555. The smallest absolute Gasteiger partial charge is 0.246 e. The first-order valence-electron chi connectivity index (χ1n) is 6.85. The van der Waals surface area contributed by atoms with Gasteiger partial charge in [-0.05, 0) is 13.3 Å². The third-order valence-electron chi connectivity index (χ3n) is 2.68. The number of ether oxygens (including phenoxy) is 1. The van der Waals surface area contributed by atoms with Gasteiger partial charge in [0.25, 0.3) is 0 Å². The zero-order valence-electron chi connectivity index (χ0n) is 12.2. The predicted octanol–water partition coefficient (Wildman–Crippen LogP) is 1.33. The van der Waals surface area contributed by atoms with Crippen LogP contribution in [-0.2, 0) is 16.1 Å². The fourth-order valence-corrected chi connectivity index (χ4v) is 2.34. The SMILES string of the molecule is CCCOCC(=O)N[C@H](C)Cn1cc(-c2cscn2)nn1. The van der Waals surface area contributed by atoms with Gasteiger partial charge in [0.1, 0.15) is 18.0 Å². The third-order valence-corrected chi connectivity index (χ3v) is 3.27. The molecule has 1 N–H and O–H groups in total. The van der Waals surface area contributed by atoms with Gasteiger partial charge in [0, 0.05) is 18.0 Å². The summed E-state index contributed by atoms with van der Waals surface area (Å²) in [6.07, 6.45) is 2.73. The summed E-state index contributed by atoms with van der Waals surface area (Å²) >= 11 is 1.52. The molecule has 0 saturated carbocycles. The van der Waals surface area contributed by atoms with Crippen molar-refractivity contribution in [3.8, 4) is 11.4 Å². The molecule has 0 bridgehead atoms. The van der Waals surface area contributed by atoms with Crippen molar-refractivity contribution in [2.75, 3.05) is 13.2 Å². The standard InChI is InChI=1S/C13H19N5O2S/c1-3-4-20-7-13(19)15-10(2)5-18-6-11(16-17-18)12-8-21-9-14-12/h6,8-10H,3-5,7H2,1-2H3,(H,15,19)/t10-/m1/s1. The number of hydrogen-bond donors (Lipinski definition) is 1. The van der Waals surface area contributed by atoms with E-state index in [1.165, 1.54) is 11.3 Å². The van der Waals surface area contributed by atoms with E-state index >= 15 is 0 Å². The number of amides is 1. The maximum atomic E-state index is 11.6. The van der Waals surface area contributed by atoms with E-state index in [1.54, 1.807) is 10.2 Å². The van der Waals surface area contributed by atoms with Crippen molar-refractivity contribution in [3.63, 3.8) is 0 Å². The number of rotatable bonds is 8. The van der Waals surface area contributed by atoms with Crippen LogP contribution in [0.3, 0.4) is 0 Å². The first kappa shape index (κ1) is 15.6. The average Bonchev–Trinajstić information content (AvgIpc) is 3.09. The van der Waals surface area contributed by atoms with Gasteiger partial charge in [-0.15, -0.1) is 16.4 Å². The Morgan fingerprint density at radius 2 is 2.38 bits per heavy atom. The lowest BCUT2D eigenvalue weighted by Gasteiger charge is -2.13. The summed E-state index contributed by atoms with van der Waals surface area (Å²) in [7, 11) is 0. The number of nitrogens with zero attached hydrogens (tertiary/aromatic N) is 4. The quantitative estimate of drug-likeness (QED) is 0.744. The Labute approximate surface area is 127 Å². The van der Waals surface area contributed by atoms with E-state index < -0.39 is 0 Å². The van der Waals surface area contributed by atoms with Crippen LogP contribution in [0.25, 0.3) is 11.4 Å². The second kappa shape index (κ2) is 7.84. The molecule has 0 spiro atoms. The molecule has 2 rings (SSSR count). The Morgan fingerprint density at radius 3 is 3.10 bits per heavy atom. The first-order valence-corrected chi connectivity index (χ1v) is 7.79. The van der Waals surface area contributed by atoms with Gasteiger partial charge in [-0.2, -0.15) is 0 Å². The van der Waals surface area contributed by atoms with Crippen molar-refractivity contribution < 1.29 is 9.53 Å². The molecule has 0 radical (unpaired) electrons. The van der Waals surface area contributed by atoms with Gasteiger partial charge in [-0.3, -0.25) is 4.79 Å². The molecule has 0 unspecified atom stereocenters. The summed E-state index contributed by atoms with van der Waals surface area (Å²) in [5, 5.41) is 12.9. The van der Waals surface area contributed by atoms with Gasteiger partial charge in [-0.1, -0.05) is 12.1 Å². The topological polar surface area (TPSA) is 81.9 Å². The summed E-state index contributed by atoms with van der Waals surface area (Å²) in [5.41, 5.74) is 3.31. The van der Waals surface area contributed by atoms with Crippen LogP contribution in [0.15, 0.2) is 17.1 Å². The van der Waals surface area contributed by atoms with Crippen LogP contribution in [-0.4, -0.2) is 45.1 Å². The normalized spacial score (nSPS) is 12.3. The van der Waals surface area contributed by atoms with Crippen molar-refractivity contribution in [1.82, 2.24) is 25.3 Å². The number of nitrogens with one attached hydrogen (secondary N) is 1. The fraction of sp³-hybridized carbons (Fsp3) is 0.538. The van der Waals surface area contributed by atoms with Crippen LogP contribution in [0, 0.1) is 0 Å². The number of aromatic nitrogens is 4. The summed E-state index contributed by atoms with van der Waals surface area (Å²) in [6.45, 7) is 5.17. The second-order valence-corrected chi connectivity index (χ2v) is 5.44. The first-order chi connectivity index (χ1) is 10.2. The Morgan fingerprint density at radius 1 is 1.52 bits per heavy atom. The molecule has 7 nitrogen and oxygen atoms in total. The molecule has 0 aliphatic heterocycles. The van der Waals surface area contributed by atoms with Crippen LogP contribution in [0.1, 0.15) is 20.3 Å². The minimum Gasteiger partial charge on any atom is -0.372 e. The number of carbonyl (C=O) groups excluding carboxylic acids is 1. The van der Waals surface area contributed by atoms with Gasteiger partial charge in [0.05, 0.1) is 18.3 Å². The summed E-state index contributed by atoms with van der Waals surface area (Å²) in [5.74, 6) is -0.115. The molecule has 0 fully saturated rings. The minimum absolute atomic E-state index is 0.0484. The highest BCUT2D eigenvalue weighted by atomic mass is 32.1. The zero-order valence-corrected chi connectivity index (χ0v) is 13.0. The average molecular weight is 309 g/mol. The highest BCUT2D eigenvalue weighted by Gasteiger charge is 2.11. The van der Waals surface area contributed by atoms with Crippen LogP contribution in [0.4, 0.5) is 0 Å². The maximum absolute atomic E-state index is 11.6. The lowest BCUT2D eigenvalue weighted by molar-refractivity contribution is -0.126. The van der Waals surface area contributed by atoms with E-state index in [0.29, 0.717) is 13.2 Å². The fourth-order valence-electron chi connectivity index (χ4n) is 1.80. The molecule has 0 aliphatic rings. The molecule has 2 aromatic rings. The summed E-state index contributed by atoms with van der Waals surface area (Å²) in [4.78, 5) is 15.8. The monoisotopic (exact) mass is 309 g/mol. The molecule has 114 valence electrons. The highest BCUT2D eigenvalue weighted by Crippen LogP contribution is 2.15. The summed E-state index contributed by atoms with van der Waals surface area (Å²) in [6, 6.07) is -0.0484. The van der Waals surface area contributed by atoms with E-state index in [-0.39, 0.29) is 18.6 Å². The van der Waals surface area contributed by atoms with Crippen molar-refractivity contribution in [1.29, 1.82) is 0 Å². The number of hydrogen-bond acceptors (Lipinski definition) is 6. The van der Waals surface area contributed by atoms with Gasteiger partial charge >= 0.3 is 0 Å². The van der Waals surface area contributed by atoms with Crippen molar-refractivity contribution in [3.05, 3.63) is 17.1 Å². The molecular formula is C13H19N5O2S. The van der Waals surface area contributed by atoms with E-state index in [1.807, 2.05) is 25.4 Å². The van der Waals surface area contributed by atoms with Crippen LogP contribution < -0.4 is 5.32 Å². The maximum Gasteiger partial charge on any atom is 0.246 e. The molecule has 0 aromatic carbocycles. The summed E-state index contributed by atoms with van der Waals surface area (Å²) < 4.78 is 6.90. The van der Waals surface area contributed by atoms with Gasteiger partial charge in [0.2, 0.25) is 5.91 Å². The van der Waals surface area contributed by atoms with Gasteiger partial charge in [0.15, 0.2) is 0 Å². The molecule has 1 atom stereocenters. The number of thiazole rings is 1. The minimum atomic E-state index is -0.115. The molecular weight excluding hydrogens is 290 g/mol. The molecule has 8 heteroatoms. The van der Waals surface area contributed by atoms with E-state index in [4.69, 9.17) is 4.74 Å². The second-order valence-electron chi connectivity index (χ2n) is 4.72. The Balaban J connectivity index is 1.80. The van der Waals surface area contributed by atoms with E-state index in [9.17, 15) is 4.79 Å². The predicted molar refractivity (Wildman–Crippen MR) is 79.8 cm³/mol. The molecule has 1 amide bonds. The largest absolute Gasteiger partial charge is 0.372 e. The van der Waals surface area contributed by atoms with Crippen LogP contribution in [0.2, 0.25) is 0 Å². The van der Waals surface area contributed by atoms with Crippen LogP contribution >= 0.6 is 11.3 Å². The van der Waals surface area contributed by atoms with E-state index in [2.05, 4.69) is 20.6 Å². The lowest BCUT2D eigenvalue weighted by atomic mass is 10.3. The molecule has 2 aromatic heterocycles. The van der Waals surface area contributed by atoms with Crippen molar-refractivity contribution in [2.24, 2.45) is 0 Å². The van der Waals surface area contributed by atoms with Gasteiger partial charge in [-0.25, -0.2) is 9.67 Å². The van der Waals surface area contributed by atoms with Gasteiger partial charge < -0.3 is 10.1 Å². The van der Waals surface area contributed by atoms with Crippen molar-refractivity contribution >= 4 is 17.2 Å². The van der Waals surface area contributed by atoms with E-state index in [0.717, 1.165) is 17.8 Å². The lowest BCUT2D eigenvalue weighted by Crippen LogP contribution is -2.38.